The molecule has 1 amide bonds. The van der Waals surface area contributed by atoms with Gasteiger partial charge < -0.3 is 24.6 Å². The molecule has 2 N–H and O–H groups in total. The van der Waals surface area contributed by atoms with Crippen molar-refractivity contribution in [3.63, 3.8) is 0 Å². The van der Waals surface area contributed by atoms with Crippen molar-refractivity contribution in [2.24, 2.45) is 0 Å². The first kappa shape index (κ1) is 31.5. The molecule has 1 fully saturated rings. The lowest BCUT2D eigenvalue weighted by molar-refractivity contribution is -0.166. The van der Waals surface area contributed by atoms with Crippen LogP contribution in [0.3, 0.4) is 0 Å². The van der Waals surface area contributed by atoms with Gasteiger partial charge in [0.2, 0.25) is 0 Å². The number of aryl methyl sites for hydroxylation is 1. The Bertz CT molecular complexity index is 1100. The van der Waals surface area contributed by atoms with Gasteiger partial charge in [-0.3, -0.25) is 4.57 Å². The number of amides is 1. The molecule has 2 unspecified atom stereocenters. The fourth-order valence-electron chi connectivity index (χ4n) is 4.23. The molecule has 11 heteroatoms. The van der Waals surface area contributed by atoms with Crippen LogP contribution in [-0.4, -0.2) is 49.4 Å². The second-order valence-corrected chi connectivity index (χ2v) is 11.2. The van der Waals surface area contributed by atoms with E-state index in [0.29, 0.717) is 45.2 Å². The monoisotopic (exact) mass is 576 g/mol. The van der Waals surface area contributed by atoms with E-state index in [2.05, 4.69) is 10.6 Å². The van der Waals surface area contributed by atoms with Crippen LogP contribution in [0.1, 0.15) is 56.1 Å². The molecular weight excluding hydrogens is 538 g/mol. The first-order valence-corrected chi connectivity index (χ1v) is 15.3. The number of alkyl carbamates (subject to hydrolysis) is 1. The van der Waals surface area contributed by atoms with Gasteiger partial charge in [0.25, 0.3) is 0 Å². The molecule has 3 rings (SSSR count). The number of rotatable bonds is 16. The highest BCUT2D eigenvalue weighted by molar-refractivity contribution is 7.39. The largest absolute Gasteiger partial charge is 0.445 e. The quantitative estimate of drug-likeness (QED) is 0.125. The summed E-state index contributed by atoms with van der Waals surface area (Å²) in [6, 6.07) is 15.0. The number of benzene rings is 2. The zero-order valence-electron chi connectivity index (χ0n) is 22.6. The predicted molar refractivity (Wildman–Crippen MR) is 149 cm³/mol. The number of halogens is 1. The molecule has 1 aliphatic heterocycles. The first-order valence-electron chi connectivity index (χ1n) is 13.8. The van der Waals surface area contributed by atoms with E-state index < -0.39 is 38.2 Å². The molecule has 218 valence electrons. The highest BCUT2D eigenvalue weighted by Gasteiger charge is 2.30. The molecule has 0 saturated carbocycles. The van der Waals surface area contributed by atoms with Gasteiger partial charge in [0, 0.05) is 12.7 Å². The minimum atomic E-state index is -2.56. The lowest BCUT2D eigenvalue weighted by Gasteiger charge is -2.17. The Labute approximate surface area is 235 Å². The van der Waals surface area contributed by atoms with Gasteiger partial charge in [0.15, 0.2) is 14.1 Å². The summed E-state index contributed by atoms with van der Waals surface area (Å²) in [5.74, 6) is -1.79. The minimum absolute atomic E-state index is 0.163. The number of nitrogens with one attached hydrogen (secondary N) is 2. The lowest BCUT2D eigenvalue weighted by atomic mass is 10.1. The molecule has 3 atom stereocenters. The summed E-state index contributed by atoms with van der Waals surface area (Å²) in [6.45, 7) is 1.16. The van der Waals surface area contributed by atoms with Crippen LogP contribution in [-0.2, 0) is 41.2 Å². The number of hydrogen-bond donors (Lipinski definition) is 2. The van der Waals surface area contributed by atoms with Crippen molar-refractivity contribution < 1.29 is 37.3 Å². The van der Waals surface area contributed by atoms with Crippen molar-refractivity contribution in [1.82, 2.24) is 10.6 Å². The van der Waals surface area contributed by atoms with Crippen molar-refractivity contribution in [1.29, 1.82) is 0 Å². The normalized spacial score (nSPS) is 16.2. The third-order valence-corrected chi connectivity index (χ3v) is 7.78. The molecular formula is C29H38FN2O7P. The number of carbonyl (C=O) groups is 3. The van der Waals surface area contributed by atoms with Crippen molar-refractivity contribution in [3.8, 4) is 0 Å². The molecule has 1 heterocycles. The molecule has 1 aliphatic rings. The van der Waals surface area contributed by atoms with Crippen molar-refractivity contribution in [2.75, 3.05) is 19.3 Å². The number of carbonyl (C=O) groups excluding carboxylic acids is 3. The summed E-state index contributed by atoms with van der Waals surface area (Å²) < 4.78 is 41.5. The minimum Gasteiger partial charge on any atom is -0.445 e. The third-order valence-electron chi connectivity index (χ3n) is 6.47. The second kappa shape index (κ2) is 17.6. The molecule has 2 aromatic rings. The van der Waals surface area contributed by atoms with Gasteiger partial charge in [-0.05, 0) is 81.2 Å². The van der Waals surface area contributed by atoms with Crippen molar-refractivity contribution in [2.45, 2.75) is 70.1 Å². The zero-order valence-corrected chi connectivity index (χ0v) is 23.6. The number of esters is 2. The van der Waals surface area contributed by atoms with Crippen LogP contribution in [0.2, 0.25) is 0 Å². The number of unbranched alkanes of at least 4 members (excludes halogenated alkanes) is 2. The fraction of sp³-hybridized carbons (Fsp3) is 0.483. The van der Waals surface area contributed by atoms with E-state index in [1.165, 1.54) is 12.1 Å². The van der Waals surface area contributed by atoms with Crippen LogP contribution in [0.15, 0.2) is 54.6 Å². The maximum Gasteiger partial charge on any atom is 0.407 e. The van der Waals surface area contributed by atoms with Crippen molar-refractivity contribution in [3.05, 3.63) is 71.5 Å². The highest BCUT2D eigenvalue weighted by Crippen LogP contribution is 2.29. The van der Waals surface area contributed by atoms with E-state index in [1.807, 2.05) is 30.3 Å². The summed E-state index contributed by atoms with van der Waals surface area (Å²) in [5, 5.41) is 5.65. The Hall–Kier alpha value is -3.07. The molecule has 1 saturated heterocycles. The molecule has 0 spiro atoms. The SMILES string of the molecule is O=C(NCCCCC(O[PH](=O)CCCCc1ccc(F)cc1)C(=O)OC(=O)[C@@H]1CCCN1)OCc1ccccc1. The Morgan fingerprint density at radius 2 is 1.77 bits per heavy atom. The molecule has 0 aliphatic carbocycles. The molecule has 40 heavy (non-hydrogen) atoms. The van der Waals surface area contributed by atoms with Gasteiger partial charge in [-0.15, -0.1) is 0 Å². The average molecular weight is 577 g/mol. The van der Waals surface area contributed by atoms with Crippen LogP contribution in [0.5, 0.6) is 0 Å². The fourth-order valence-corrected chi connectivity index (χ4v) is 5.42. The number of ether oxygens (including phenoxy) is 2. The van der Waals surface area contributed by atoms with Gasteiger partial charge in [-0.25, -0.2) is 18.8 Å². The van der Waals surface area contributed by atoms with E-state index in [9.17, 15) is 23.3 Å². The molecule has 0 bridgehead atoms. The molecule has 2 aromatic carbocycles. The lowest BCUT2D eigenvalue weighted by Crippen LogP contribution is -2.37. The summed E-state index contributed by atoms with van der Waals surface area (Å²) in [6.07, 6.45) is 3.24. The third kappa shape index (κ3) is 12.0. The molecule has 0 radical (unpaired) electrons. The van der Waals surface area contributed by atoms with Crippen LogP contribution in [0, 0.1) is 5.82 Å². The van der Waals surface area contributed by atoms with Crippen LogP contribution in [0.4, 0.5) is 9.18 Å². The van der Waals surface area contributed by atoms with Gasteiger partial charge >= 0.3 is 18.0 Å². The second-order valence-electron chi connectivity index (χ2n) is 9.69. The summed E-state index contributed by atoms with van der Waals surface area (Å²) in [5.41, 5.74) is 1.87. The average Bonchev–Trinajstić information content (AvgIpc) is 3.50. The van der Waals surface area contributed by atoms with E-state index in [1.54, 1.807) is 12.1 Å². The van der Waals surface area contributed by atoms with E-state index in [-0.39, 0.29) is 25.0 Å². The highest BCUT2D eigenvalue weighted by atomic mass is 31.1. The van der Waals surface area contributed by atoms with Gasteiger partial charge in [-0.1, -0.05) is 42.5 Å². The maximum atomic E-state index is 13.1. The standard InChI is InChI=1S/C29H38FN2O7P/c30-24-16-14-22(15-17-24)9-5-7-20-40(36)39-26(28(34)38-27(33)25-12-8-19-31-25)13-4-6-18-32-29(35)37-21-23-10-2-1-3-11-23/h1-3,10-11,14-17,25-26,31,40H,4-9,12-13,18-21H2,(H,32,35)/t25-,26?/m0/s1. The first-order chi connectivity index (χ1) is 19.4. The van der Waals surface area contributed by atoms with Gasteiger partial charge in [-0.2, -0.15) is 0 Å². The van der Waals surface area contributed by atoms with Crippen LogP contribution < -0.4 is 10.6 Å². The Kier molecular flexibility index (Phi) is 13.8. The summed E-state index contributed by atoms with van der Waals surface area (Å²) in [7, 11) is -2.56. The van der Waals surface area contributed by atoms with E-state index in [4.69, 9.17) is 14.0 Å². The Balaban J connectivity index is 1.39. The van der Waals surface area contributed by atoms with Gasteiger partial charge in [0.05, 0.1) is 0 Å². The molecule has 0 aromatic heterocycles. The van der Waals surface area contributed by atoms with E-state index >= 15 is 0 Å². The topological polar surface area (TPSA) is 120 Å². The van der Waals surface area contributed by atoms with Crippen LogP contribution in [0.25, 0.3) is 0 Å². The Morgan fingerprint density at radius 3 is 2.50 bits per heavy atom. The summed E-state index contributed by atoms with van der Waals surface area (Å²) >= 11 is 0. The Morgan fingerprint density at radius 1 is 1.00 bits per heavy atom. The maximum absolute atomic E-state index is 13.1. The number of hydrogen-bond acceptors (Lipinski definition) is 8. The van der Waals surface area contributed by atoms with E-state index in [0.717, 1.165) is 24.0 Å². The van der Waals surface area contributed by atoms with Crippen LogP contribution >= 0.6 is 8.03 Å². The predicted octanol–water partition coefficient (Wildman–Crippen LogP) is 4.93. The summed E-state index contributed by atoms with van der Waals surface area (Å²) in [4.78, 5) is 37.0. The van der Waals surface area contributed by atoms with Crippen molar-refractivity contribution >= 4 is 26.1 Å². The zero-order chi connectivity index (χ0) is 28.6. The molecule has 9 nitrogen and oxygen atoms in total. The van der Waals surface area contributed by atoms with Gasteiger partial charge in [0.1, 0.15) is 18.5 Å². The smallest absolute Gasteiger partial charge is 0.407 e.